The van der Waals surface area contributed by atoms with Crippen LogP contribution in [0.15, 0.2) is 42.0 Å². The Morgan fingerprint density at radius 1 is 1.04 bits per heavy atom. The second-order valence-electron chi connectivity index (χ2n) is 16.4. The number of allylic oxidation sites excluding steroid dienone is 1. The largest absolute Gasteiger partial charge is 0.491 e. The fraction of sp³-hybridized carbons (Fsp3) is 0.634. The number of anilines is 1. The molecule has 0 aromatic heterocycles. The van der Waals surface area contributed by atoms with Gasteiger partial charge in [-0.15, -0.1) is 0 Å². The third kappa shape index (κ3) is 8.02. The topological polar surface area (TPSA) is 91.4 Å². The van der Waals surface area contributed by atoms with E-state index in [0.717, 1.165) is 50.9 Å². The number of halogens is 2. The molecule has 53 heavy (non-hydrogen) atoms. The van der Waals surface area contributed by atoms with Crippen LogP contribution in [0.2, 0.25) is 5.02 Å². The highest BCUT2D eigenvalue weighted by atomic mass is 35.5. The van der Waals surface area contributed by atoms with E-state index in [4.69, 9.17) is 21.1 Å². The number of piperazine rings is 1. The highest BCUT2D eigenvalue weighted by Crippen LogP contribution is 2.48. The van der Waals surface area contributed by atoms with E-state index in [1.807, 2.05) is 13.0 Å². The lowest BCUT2D eigenvalue weighted by Crippen LogP contribution is -2.55. The van der Waals surface area contributed by atoms with Crippen LogP contribution >= 0.6 is 11.6 Å². The number of nitrogens with one attached hydrogen (secondary N) is 1. The average molecular weight is 771 g/mol. The van der Waals surface area contributed by atoms with Crippen LogP contribution in [0.25, 0.3) is 0 Å². The SMILES string of the molecule is C[C@@H]1[C@@H](C)S(=O)(=O)NC(=O)c2ccc3c(c2)N(Cc2ccc(Cl)c(F)c2CCCCO3)C[C@@H]2CC[C@H]2[C@@H](OCCN2C[C@@H](C)N(C)[C@@H](C)C2)C2=C[C@H]1C2. The molecule has 1 saturated heterocycles. The van der Waals surface area contributed by atoms with E-state index in [0.29, 0.717) is 68.2 Å². The minimum atomic E-state index is -3.99. The third-order valence-electron chi connectivity index (χ3n) is 13.2. The van der Waals surface area contributed by atoms with Gasteiger partial charge in [0.15, 0.2) is 0 Å². The predicted molar refractivity (Wildman–Crippen MR) is 208 cm³/mol. The van der Waals surface area contributed by atoms with Crippen molar-refractivity contribution in [2.75, 3.05) is 51.3 Å². The van der Waals surface area contributed by atoms with Crippen molar-refractivity contribution in [3.8, 4) is 5.75 Å². The maximum absolute atomic E-state index is 15.6. The molecule has 1 amide bonds. The molecule has 4 heterocycles. The number of benzene rings is 2. The van der Waals surface area contributed by atoms with Crippen LogP contribution in [0.3, 0.4) is 0 Å². The van der Waals surface area contributed by atoms with E-state index < -0.39 is 21.2 Å². The van der Waals surface area contributed by atoms with Crippen molar-refractivity contribution in [1.29, 1.82) is 0 Å². The molecule has 2 aromatic rings. The second kappa shape index (κ2) is 15.8. The van der Waals surface area contributed by atoms with Crippen molar-refractivity contribution < 1.29 is 27.1 Å². The zero-order valence-electron chi connectivity index (χ0n) is 31.8. The Bertz CT molecular complexity index is 1810. The number of sulfonamides is 1. The zero-order valence-corrected chi connectivity index (χ0v) is 33.4. The van der Waals surface area contributed by atoms with Gasteiger partial charge in [0.1, 0.15) is 11.6 Å². The molecule has 2 aliphatic carbocycles. The number of nitrogens with zero attached hydrogens (tertiary/aromatic N) is 3. The lowest BCUT2D eigenvalue weighted by molar-refractivity contribution is -0.0398. The maximum Gasteiger partial charge on any atom is 0.264 e. The molecule has 0 unspecified atom stereocenters. The van der Waals surface area contributed by atoms with Gasteiger partial charge in [-0.2, -0.15) is 0 Å². The summed E-state index contributed by atoms with van der Waals surface area (Å²) in [4.78, 5) is 20.8. The molecule has 9 nitrogen and oxygen atoms in total. The summed E-state index contributed by atoms with van der Waals surface area (Å²) < 4.78 is 58.6. The number of fused-ring (bicyclic) bond motifs is 5. The zero-order chi connectivity index (χ0) is 37.6. The molecule has 4 bridgehead atoms. The Morgan fingerprint density at radius 2 is 1.79 bits per heavy atom. The van der Waals surface area contributed by atoms with Crippen LogP contribution in [0, 0.1) is 29.5 Å². The molecule has 6 aliphatic rings. The van der Waals surface area contributed by atoms with Gasteiger partial charge < -0.3 is 14.4 Å². The third-order valence-corrected chi connectivity index (χ3v) is 15.3. The monoisotopic (exact) mass is 770 g/mol. The van der Waals surface area contributed by atoms with E-state index in [2.05, 4.69) is 46.4 Å². The number of hydrogen-bond acceptors (Lipinski definition) is 8. The van der Waals surface area contributed by atoms with Gasteiger partial charge in [0.05, 0.1) is 35.3 Å². The molecular formula is C41H56ClFN4O5S. The number of ether oxygens (including phenoxy) is 2. The Balaban J connectivity index is 1.25. The van der Waals surface area contributed by atoms with Crippen LogP contribution in [-0.4, -0.2) is 94.0 Å². The van der Waals surface area contributed by atoms with Crippen molar-refractivity contribution in [2.45, 2.75) is 96.2 Å². The Labute approximate surface area is 320 Å². The fourth-order valence-corrected chi connectivity index (χ4v) is 10.6. The Hall–Kier alpha value is -2.70. The molecule has 0 radical (unpaired) electrons. The molecule has 290 valence electrons. The summed E-state index contributed by atoms with van der Waals surface area (Å²) in [6, 6.07) is 9.63. The minimum absolute atomic E-state index is 0.0615. The van der Waals surface area contributed by atoms with Crippen molar-refractivity contribution in [2.24, 2.45) is 23.7 Å². The lowest BCUT2D eigenvalue weighted by Gasteiger charge is -2.48. The summed E-state index contributed by atoms with van der Waals surface area (Å²) in [7, 11) is -1.79. The first-order valence-corrected chi connectivity index (χ1v) is 21.5. The van der Waals surface area contributed by atoms with Gasteiger partial charge in [-0.25, -0.2) is 17.5 Å². The van der Waals surface area contributed by atoms with E-state index in [1.165, 1.54) is 5.57 Å². The summed E-state index contributed by atoms with van der Waals surface area (Å²) in [5.74, 6) is 0.0109. The summed E-state index contributed by atoms with van der Waals surface area (Å²) >= 11 is 6.30. The van der Waals surface area contributed by atoms with Gasteiger partial charge in [0.2, 0.25) is 10.0 Å². The van der Waals surface area contributed by atoms with Gasteiger partial charge >= 0.3 is 0 Å². The van der Waals surface area contributed by atoms with Crippen molar-refractivity contribution in [3.05, 3.63) is 69.5 Å². The van der Waals surface area contributed by atoms with Gasteiger partial charge in [0.25, 0.3) is 5.91 Å². The normalized spacial score (nSPS) is 32.4. The summed E-state index contributed by atoms with van der Waals surface area (Å²) in [5, 5.41) is -0.670. The molecule has 8 atom stereocenters. The molecular weight excluding hydrogens is 715 g/mol. The first-order chi connectivity index (χ1) is 25.3. The Morgan fingerprint density at radius 3 is 2.51 bits per heavy atom. The molecule has 1 N–H and O–H groups in total. The van der Waals surface area contributed by atoms with E-state index in [1.54, 1.807) is 31.2 Å². The van der Waals surface area contributed by atoms with Crippen molar-refractivity contribution in [3.63, 3.8) is 0 Å². The standard InChI is InChI=1S/C41H56ClFN4O5S/c1-25-21-46(22-26(2)45(25)5)15-17-52-40-33-18-32(19-33)27(3)28(4)53(49,50)44-41(48)29-11-14-38-37(20-29)47(24-31-9-12-35(31)40)23-30-10-13-36(42)39(43)34(30)8-6-7-16-51-38/h10-11,13-14,18,20,25-28,31-32,35,40H,6-9,12,15-17,19,21-24H2,1-5H3,(H,44,48)/t25-,26+,27-,28-,31+,32+,35-,40+/m1/s1. The molecule has 8 rings (SSSR count). The first kappa shape index (κ1) is 38.6. The maximum atomic E-state index is 15.6. The van der Waals surface area contributed by atoms with E-state index >= 15 is 4.39 Å². The van der Waals surface area contributed by atoms with Crippen molar-refractivity contribution >= 4 is 33.2 Å². The number of carbonyl (C=O) groups excluding carboxylic acids is 1. The second-order valence-corrected chi connectivity index (χ2v) is 18.9. The number of likely N-dealkylation sites (N-methyl/N-ethyl adjacent to an activating group) is 1. The summed E-state index contributed by atoms with van der Waals surface area (Å²) in [5.41, 5.74) is 3.63. The van der Waals surface area contributed by atoms with Gasteiger partial charge in [0, 0.05) is 50.4 Å². The first-order valence-electron chi connectivity index (χ1n) is 19.6. The molecule has 1 saturated carbocycles. The predicted octanol–water partition coefficient (Wildman–Crippen LogP) is 6.68. The fourth-order valence-electron chi connectivity index (χ4n) is 9.11. The van der Waals surface area contributed by atoms with Crippen molar-refractivity contribution in [1.82, 2.24) is 14.5 Å². The molecule has 12 heteroatoms. The van der Waals surface area contributed by atoms with Gasteiger partial charge in [-0.1, -0.05) is 30.7 Å². The highest BCUT2D eigenvalue weighted by Gasteiger charge is 2.45. The van der Waals surface area contributed by atoms with Crippen LogP contribution in [0.5, 0.6) is 5.75 Å². The Kier molecular flexibility index (Phi) is 11.5. The van der Waals surface area contributed by atoms with Gasteiger partial charge in [-0.3, -0.25) is 14.6 Å². The van der Waals surface area contributed by atoms with E-state index in [-0.39, 0.29) is 46.2 Å². The lowest BCUT2D eigenvalue weighted by atomic mass is 9.64. The van der Waals surface area contributed by atoms with Crippen LogP contribution in [0.1, 0.15) is 81.3 Å². The van der Waals surface area contributed by atoms with Crippen LogP contribution < -0.4 is 14.4 Å². The minimum Gasteiger partial charge on any atom is -0.491 e. The number of hydrogen-bond donors (Lipinski definition) is 1. The van der Waals surface area contributed by atoms with E-state index in [9.17, 15) is 13.2 Å². The summed E-state index contributed by atoms with van der Waals surface area (Å²) in [6.45, 7) is 13.2. The quantitative estimate of drug-likeness (QED) is 0.345. The molecule has 0 spiro atoms. The number of rotatable bonds is 4. The highest BCUT2D eigenvalue weighted by molar-refractivity contribution is 7.90. The van der Waals surface area contributed by atoms with Crippen LogP contribution in [-0.2, 0) is 27.7 Å². The van der Waals surface area contributed by atoms with Gasteiger partial charge in [-0.05, 0) is 131 Å². The number of carbonyl (C=O) groups is 1. The molecule has 2 aromatic carbocycles. The molecule has 4 aliphatic heterocycles. The molecule has 2 fully saturated rings. The smallest absolute Gasteiger partial charge is 0.264 e. The average Bonchev–Trinajstić information content (AvgIpc) is 3.12. The van der Waals surface area contributed by atoms with Crippen LogP contribution in [0.4, 0.5) is 10.1 Å². The number of amides is 1. The summed E-state index contributed by atoms with van der Waals surface area (Å²) in [6.07, 6.45) is 7.01.